The van der Waals surface area contributed by atoms with Crippen molar-refractivity contribution in [3.8, 4) is 0 Å². The molecule has 0 saturated carbocycles. The van der Waals surface area contributed by atoms with Crippen molar-refractivity contribution in [2.45, 2.75) is 0 Å². The Kier molecular flexibility index (Phi) is 1.90. The Morgan fingerprint density at radius 3 is 2.00 bits per heavy atom. The van der Waals surface area contributed by atoms with Crippen molar-refractivity contribution in [3.63, 3.8) is 0 Å². The maximum absolute atomic E-state index is 12.2. The zero-order valence-electron chi connectivity index (χ0n) is 4.97. The van der Waals surface area contributed by atoms with E-state index >= 15 is 0 Å². The second kappa shape index (κ2) is 2.69. The van der Waals surface area contributed by atoms with E-state index in [2.05, 4.69) is 0 Å². The second-order valence-corrected chi connectivity index (χ2v) is 1.82. The summed E-state index contributed by atoms with van der Waals surface area (Å²) < 4.78 is 34.4. The molecular weight excluding hydrogens is 137 g/mol. The minimum absolute atomic E-state index is 0.0116. The molecule has 0 saturated heterocycles. The van der Waals surface area contributed by atoms with E-state index in [1.165, 1.54) is 0 Å². The Morgan fingerprint density at radius 1 is 1.10 bits per heavy atom. The molecule has 4 heteroatoms. The van der Waals surface area contributed by atoms with Gasteiger partial charge in [-0.15, -0.1) is 0 Å². The summed E-state index contributed by atoms with van der Waals surface area (Å²) >= 11 is 0. The average Bonchev–Trinajstić information content (AvgIpc) is 1.85. The van der Waals surface area contributed by atoms with Crippen molar-refractivity contribution in [1.82, 2.24) is 0 Å². The van der Waals surface area contributed by atoms with Crippen LogP contribution in [0.4, 0.5) is 8.78 Å². The normalized spacial score (nSPS) is 9.00. The summed E-state index contributed by atoms with van der Waals surface area (Å²) in [4.78, 5) is 0. The molecule has 0 unspecified atom stereocenters. The zero-order valence-corrected chi connectivity index (χ0v) is 4.97. The van der Waals surface area contributed by atoms with Crippen LogP contribution in [0.5, 0.6) is 0 Å². The first-order chi connectivity index (χ1) is 4.72. The van der Waals surface area contributed by atoms with Crippen LogP contribution in [-0.4, -0.2) is 7.15 Å². The van der Waals surface area contributed by atoms with E-state index in [9.17, 15) is 13.5 Å². The molecule has 0 heterocycles. The summed E-state index contributed by atoms with van der Waals surface area (Å²) in [5.74, 6) is -1.47. The SMILES string of the molecule is O=Bc1cc(F)cc(F)c1. The van der Waals surface area contributed by atoms with E-state index in [1.54, 1.807) is 0 Å². The quantitative estimate of drug-likeness (QED) is 0.523. The van der Waals surface area contributed by atoms with Gasteiger partial charge < -0.3 is 0 Å². The van der Waals surface area contributed by atoms with Crippen molar-refractivity contribution in [2.24, 2.45) is 0 Å². The number of hydrogen-bond acceptors (Lipinski definition) is 1. The van der Waals surface area contributed by atoms with Gasteiger partial charge in [0.2, 0.25) is 0 Å². The zero-order chi connectivity index (χ0) is 7.56. The van der Waals surface area contributed by atoms with Crippen LogP contribution >= 0.6 is 0 Å². The van der Waals surface area contributed by atoms with Gasteiger partial charge in [-0.3, -0.25) is 0 Å². The Labute approximate surface area is 56.9 Å². The molecule has 0 atom stereocenters. The van der Waals surface area contributed by atoms with E-state index in [0.717, 1.165) is 12.1 Å². The third-order valence-corrected chi connectivity index (χ3v) is 1.02. The summed E-state index contributed by atoms with van der Waals surface area (Å²) in [5.41, 5.74) is 0.0116. The molecule has 0 fully saturated rings. The fourth-order valence-corrected chi connectivity index (χ4v) is 0.643. The van der Waals surface area contributed by atoms with Crippen LogP contribution in [0.25, 0.3) is 0 Å². The molecule has 0 aromatic heterocycles. The molecular formula is C6H3BF2O. The van der Waals surface area contributed by atoms with Gasteiger partial charge in [-0.1, -0.05) is 0 Å². The van der Waals surface area contributed by atoms with Crippen LogP contribution in [0.2, 0.25) is 0 Å². The van der Waals surface area contributed by atoms with Gasteiger partial charge in [-0.05, 0) is 0 Å². The first kappa shape index (κ1) is 7.06. The molecule has 1 nitrogen and oxygen atoms in total. The summed E-state index contributed by atoms with van der Waals surface area (Å²) in [6.07, 6.45) is 0. The van der Waals surface area contributed by atoms with Crippen LogP contribution in [0.1, 0.15) is 0 Å². The Hall–Kier alpha value is -1.06. The Balaban J connectivity index is 3.18. The predicted octanol–water partition coefficient (Wildman–Crippen LogP) is 0.640. The summed E-state index contributed by atoms with van der Waals surface area (Å²) in [5, 5.41) is 0. The van der Waals surface area contributed by atoms with Crippen molar-refractivity contribution in [1.29, 1.82) is 0 Å². The van der Waals surface area contributed by atoms with E-state index in [0.29, 0.717) is 13.2 Å². The predicted molar refractivity (Wildman–Crippen MR) is 32.4 cm³/mol. The molecule has 1 aromatic rings. The Bertz CT molecular complexity index is 242. The van der Waals surface area contributed by atoms with E-state index < -0.39 is 11.6 Å². The van der Waals surface area contributed by atoms with Crippen molar-refractivity contribution in [3.05, 3.63) is 29.8 Å². The van der Waals surface area contributed by atoms with Gasteiger partial charge in [-0.2, -0.15) is 0 Å². The van der Waals surface area contributed by atoms with E-state index in [-0.39, 0.29) is 5.46 Å². The van der Waals surface area contributed by atoms with Gasteiger partial charge in [0.1, 0.15) is 0 Å². The number of rotatable bonds is 1. The molecule has 0 N–H and O–H groups in total. The number of benzene rings is 1. The monoisotopic (exact) mass is 140 g/mol. The van der Waals surface area contributed by atoms with Gasteiger partial charge >= 0.3 is 55.9 Å². The molecule has 0 radical (unpaired) electrons. The fraction of sp³-hybridized carbons (Fsp3) is 0. The summed E-state index contributed by atoms with van der Waals surface area (Å²) in [6.45, 7) is 0. The maximum atomic E-state index is 12.2. The molecule has 0 spiro atoms. The molecule has 0 amide bonds. The van der Waals surface area contributed by atoms with E-state index in [4.69, 9.17) is 0 Å². The topological polar surface area (TPSA) is 17.1 Å². The number of hydrogen-bond donors (Lipinski definition) is 0. The summed E-state index contributed by atoms with van der Waals surface area (Å²) in [7, 11) is 0.395. The summed E-state index contributed by atoms with van der Waals surface area (Å²) in [6, 6.07) is 2.65. The minimum atomic E-state index is -0.734. The molecule has 50 valence electrons. The van der Waals surface area contributed by atoms with Gasteiger partial charge in [0.05, 0.1) is 0 Å². The first-order valence-electron chi connectivity index (χ1n) is 2.63. The third-order valence-electron chi connectivity index (χ3n) is 1.02. The first-order valence-corrected chi connectivity index (χ1v) is 2.63. The molecule has 0 bridgehead atoms. The second-order valence-electron chi connectivity index (χ2n) is 1.82. The van der Waals surface area contributed by atoms with Crippen LogP contribution in [0.15, 0.2) is 18.2 Å². The molecule has 10 heavy (non-hydrogen) atoms. The Morgan fingerprint density at radius 2 is 1.60 bits per heavy atom. The van der Waals surface area contributed by atoms with Crippen LogP contribution in [0, 0.1) is 11.6 Å². The standard InChI is InChI=1S/C6H3BF2O/c8-5-1-4(7-10)2-6(9)3-5/h1-3H. The van der Waals surface area contributed by atoms with Crippen molar-refractivity contribution >= 4 is 12.6 Å². The van der Waals surface area contributed by atoms with Crippen molar-refractivity contribution in [2.75, 3.05) is 0 Å². The average molecular weight is 140 g/mol. The van der Waals surface area contributed by atoms with Gasteiger partial charge in [0, 0.05) is 0 Å². The van der Waals surface area contributed by atoms with Gasteiger partial charge in [-0.25, -0.2) is 0 Å². The van der Waals surface area contributed by atoms with E-state index in [1.807, 2.05) is 0 Å². The molecule has 0 aliphatic carbocycles. The van der Waals surface area contributed by atoms with Crippen molar-refractivity contribution < 1.29 is 13.5 Å². The van der Waals surface area contributed by atoms with Gasteiger partial charge in [0.15, 0.2) is 0 Å². The molecule has 1 rings (SSSR count). The third kappa shape index (κ3) is 1.46. The number of halogens is 2. The molecule has 0 aliphatic rings. The van der Waals surface area contributed by atoms with Gasteiger partial charge in [0.25, 0.3) is 0 Å². The molecule has 0 aliphatic heterocycles. The molecule has 1 aromatic carbocycles. The van der Waals surface area contributed by atoms with Crippen LogP contribution in [-0.2, 0) is 4.70 Å². The van der Waals surface area contributed by atoms with Crippen LogP contribution in [0.3, 0.4) is 0 Å². The van der Waals surface area contributed by atoms with Crippen LogP contribution < -0.4 is 5.46 Å². The fourth-order valence-electron chi connectivity index (χ4n) is 0.643.